The fraction of sp³-hybridized carbons (Fsp3) is 0.621. The number of rotatable bonds is 8. The van der Waals surface area contributed by atoms with Crippen molar-refractivity contribution in [1.82, 2.24) is 25.1 Å². The molecule has 4 rings (SSSR count). The standard InChI is InChI=1S/C29H42F3N7O/c1-21(2)27-34-25(29(30,31)32)20-26(35-27)38-14-12-36(13-15-38)11-6-5-10-33-28(40)39-18-16-37(17-19-39)24-9-7-8-22(3)23(24)4/h7-9,20-21H,5-6,10-19H2,1-4H3,(H,33,40). The lowest BCUT2D eigenvalue weighted by molar-refractivity contribution is -0.141. The number of aromatic nitrogens is 2. The summed E-state index contributed by atoms with van der Waals surface area (Å²) in [4.78, 5) is 29.3. The zero-order valence-electron chi connectivity index (χ0n) is 24.1. The van der Waals surface area contributed by atoms with Crippen molar-refractivity contribution in [3.8, 4) is 0 Å². The minimum Gasteiger partial charge on any atom is -0.368 e. The summed E-state index contributed by atoms with van der Waals surface area (Å²) in [5.74, 6) is 0.385. The number of hydrogen-bond donors (Lipinski definition) is 1. The second kappa shape index (κ2) is 13.1. The summed E-state index contributed by atoms with van der Waals surface area (Å²) in [6.45, 7) is 15.2. The molecule has 1 N–H and O–H groups in total. The summed E-state index contributed by atoms with van der Waals surface area (Å²) in [5, 5.41) is 3.06. The topological polar surface area (TPSA) is 67.8 Å². The van der Waals surface area contributed by atoms with Crippen LogP contribution in [0.1, 0.15) is 55.3 Å². The van der Waals surface area contributed by atoms with Crippen LogP contribution >= 0.6 is 0 Å². The van der Waals surface area contributed by atoms with Crippen LogP contribution in [0.15, 0.2) is 24.3 Å². The molecule has 11 heteroatoms. The van der Waals surface area contributed by atoms with Crippen molar-refractivity contribution in [1.29, 1.82) is 0 Å². The molecule has 2 aromatic rings. The molecule has 0 unspecified atom stereocenters. The van der Waals surface area contributed by atoms with E-state index >= 15 is 0 Å². The predicted molar refractivity (Wildman–Crippen MR) is 152 cm³/mol. The highest BCUT2D eigenvalue weighted by atomic mass is 19.4. The van der Waals surface area contributed by atoms with E-state index in [4.69, 9.17) is 0 Å². The van der Waals surface area contributed by atoms with Crippen molar-refractivity contribution < 1.29 is 18.0 Å². The maximum absolute atomic E-state index is 13.4. The van der Waals surface area contributed by atoms with Gasteiger partial charge in [-0.1, -0.05) is 26.0 Å². The van der Waals surface area contributed by atoms with E-state index in [2.05, 4.69) is 57.1 Å². The van der Waals surface area contributed by atoms with Gasteiger partial charge in [-0.25, -0.2) is 14.8 Å². The lowest BCUT2D eigenvalue weighted by Gasteiger charge is -2.37. The number of nitrogens with zero attached hydrogens (tertiary/aromatic N) is 6. The number of urea groups is 1. The molecule has 8 nitrogen and oxygen atoms in total. The van der Waals surface area contributed by atoms with Crippen molar-refractivity contribution >= 4 is 17.5 Å². The van der Waals surface area contributed by atoms with E-state index in [0.717, 1.165) is 51.6 Å². The molecule has 0 spiro atoms. The van der Waals surface area contributed by atoms with Gasteiger partial charge in [-0.05, 0) is 50.4 Å². The van der Waals surface area contributed by atoms with Crippen molar-refractivity contribution in [3.63, 3.8) is 0 Å². The molecule has 0 bridgehead atoms. The molecular formula is C29H42F3N7O. The van der Waals surface area contributed by atoms with E-state index in [9.17, 15) is 18.0 Å². The first-order chi connectivity index (χ1) is 19.0. The number of benzene rings is 1. The molecule has 2 fully saturated rings. The highest BCUT2D eigenvalue weighted by Crippen LogP contribution is 2.31. The van der Waals surface area contributed by atoms with Gasteiger partial charge in [0.25, 0.3) is 0 Å². The van der Waals surface area contributed by atoms with Crippen molar-refractivity contribution in [3.05, 3.63) is 46.9 Å². The molecule has 0 radical (unpaired) electrons. The Morgan fingerprint density at radius 2 is 1.62 bits per heavy atom. The molecule has 2 aliphatic rings. The monoisotopic (exact) mass is 561 g/mol. The summed E-state index contributed by atoms with van der Waals surface area (Å²) in [7, 11) is 0. The van der Waals surface area contributed by atoms with Gasteiger partial charge >= 0.3 is 12.2 Å². The molecular weight excluding hydrogens is 519 g/mol. The molecule has 3 heterocycles. The number of anilines is 2. The van der Waals surface area contributed by atoms with Crippen LogP contribution in [0.3, 0.4) is 0 Å². The number of aryl methyl sites for hydroxylation is 1. The van der Waals surface area contributed by atoms with E-state index in [-0.39, 0.29) is 17.8 Å². The molecule has 1 aromatic carbocycles. The van der Waals surface area contributed by atoms with Gasteiger partial charge in [0.05, 0.1) is 0 Å². The van der Waals surface area contributed by atoms with Crippen LogP contribution in [0.2, 0.25) is 0 Å². The number of hydrogen-bond acceptors (Lipinski definition) is 6. The zero-order valence-corrected chi connectivity index (χ0v) is 24.1. The van der Waals surface area contributed by atoms with E-state index in [1.807, 2.05) is 9.80 Å². The Balaban J connectivity index is 1.14. The van der Waals surface area contributed by atoms with Gasteiger partial charge in [0.2, 0.25) is 0 Å². The molecule has 220 valence electrons. The van der Waals surface area contributed by atoms with E-state index < -0.39 is 11.9 Å². The third kappa shape index (κ3) is 7.56. The summed E-state index contributed by atoms with van der Waals surface area (Å²) < 4.78 is 40.1. The third-order valence-electron chi connectivity index (χ3n) is 7.89. The van der Waals surface area contributed by atoms with Crippen molar-refractivity contribution in [2.24, 2.45) is 0 Å². The molecule has 2 aliphatic heterocycles. The van der Waals surface area contributed by atoms with Gasteiger partial charge in [0.1, 0.15) is 17.3 Å². The fourth-order valence-electron chi connectivity index (χ4n) is 5.21. The van der Waals surface area contributed by atoms with Gasteiger partial charge in [-0.15, -0.1) is 0 Å². The zero-order chi connectivity index (χ0) is 28.9. The Morgan fingerprint density at radius 3 is 2.27 bits per heavy atom. The largest absolute Gasteiger partial charge is 0.433 e. The lowest BCUT2D eigenvalue weighted by atomic mass is 10.1. The van der Waals surface area contributed by atoms with E-state index in [1.165, 1.54) is 16.8 Å². The molecule has 0 aliphatic carbocycles. The average molecular weight is 562 g/mol. The van der Waals surface area contributed by atoms with Crippen molar-refractivity contribution in [2.45, 2.75) is 52.6 Å². The molecule has 1 aromatic heterocycles. The SMILES string of the molecule is Cc1cccc(N2CCN(C(=O)NCCCCN3CCN(c4cc(C(F)(F)F)nc(C(C)C)n4)CC3)CC2)c1C. The molecule has 0 saturated carbocycles. The normalized spacial score (nSPS) is 17.1. The maximum atomic E-state index is 13.4. The first-order valence-electron chi connectivity index (χ1n) is 14.3. The van der Waals surface area contributed by atoms with E-state index in [1.54, 1.807) is 13.8 Å². The molecule has 2 saturated heterocycles. The number of piperazine rings is 2. The quantitative estimate of drug-likeness (QED) is 0.473. The summed E-state index contributed by atoms with van der Waals surface area (Å²) in [6, 6.07) is 7.43. The summed E-state index contributed by atoms with van der Waals surface area (Å²) >= 11 is 0. The minimum atomic E-state index is -4.49. The highest BCUT2D eigenvalue weighted by Gasteiger charge is 2.35. The Morgan fingerprint density at radius 1 is 0.950 bits per heavy atom. The van der Waals surface area contributed by atoms with Crippen LogP contribution in [0.4, 0.5) is 29.5 Å². The van der Waals surface area contributed by atoms with Crippen LogP contribution in [0.5, 0.6) is 0 Å². The number of carbonyl (C=O) groups excluding carboxylic acids is 1. The number of alkyl halides is 3. The number of carbonyl (C=O) groups is 1. The number of unbranched alkanes of at least 4 members (excludes halogenated alkanes) is 1. The van der Waals surface area contributed by atoms with Gasteiger partial charge in [-0.3, -0.25) is 4.90 Å². The number of halogens is 3. The third-order valence-corrected chi connectivity index (χ3v) is 7.89. The van der Waals surface area contributed by atoms with Crippen LogP contribution < -0.4 is 15.1 Å². The molecule has 40 heavy (non-hydrogen) atoms. The maximum Gasteiger partial charge on any atom is 0.433 e. The average Bonchev–Trinajstić information content (AvgIpc) is 2.94. The Kier molecular flexibility index (Phi) is 9.76. The summed E-state index contributed by atoms with van der Waals surface area (Å²) in [6.07, 6.45) is -2.66. The fourth-order valence-corrected chi connectivity index (χ4v) is 5.21. The Hall–Kier alpha value is -3.08. The van der Waals surface area contributed by atoms with Gasteiger partial charge in [0.15, 0.2) is 0 Å². The first-order valence-corrected chi connectivity index (χ1v) is 14.3. The summed E-state index contributed by atoms with van der Waals surface area (Å²) in [5.41, 5.74) is 2.95. The second-order valence-electron chi connectivity index (χ2n) is 11.1. The Labute approximate surface area is 235 Å². The lowest BCUT2D eigenvalue weighted by Crippen LogP contribution is -2.52. The number of amides is 2. The first kappa shape index (κ1) is 29.9. The molecule has 2 amide bonds. The van der Waals surface area contributed by atoms with Crippen LogP contribution in [0.25, 0.3) is 0 Å². The smallest absolute Gasteiger partial charge is 0.368 e. The van der Waals surface area contributed by atoms with E-state index in [0.29, 0.717) is 38.5 Å². The predicted octanol–water partition coefficient (Wildman–Crippen LogP) is 4.67. The Bertz CT molecular complexity index is 1140. The second-order valence-corrected chi connectivity index (χ2v) is 11.1. The van der Waals surface area contributed by atoms with Crippen LogP contribution in [0, 0.1) is 13.8 Å². The van der Waals surface area contributed by atoms with Gasteiger partial charge < -0.3 is 20.0 Å². The number of nitrogens with one attached hydrogen (secondary N) is 1. The van der Waals surface area contributed by atoms with Crippen LogP contribution in [-0.4, -0.2) is 91.2 Å². The minimum absolute atomic E-state index is 0.00178. The molecule has 0 atom stereocenters. The highest BCUT2D eigenvalue weighted by molar-refractivity contribution is 5.74. The van der Waals surface area contributed by atoms with Gasteiger partial charge in [0, 0.05) is 76.6 Å². The van der Waals surface area contributed by atoms with Gasteiger partial charge in [-0.2, -0.15) is 13.2 Å². The van der Waals surface area contributed by atoms with Crippen LogP contribution in [-0.2, 0) is 6.18 Å². The van der Waals surface area contributed by atoms with Crippen molar-refractivity contribution in [2.75, 3.05) is 75.2 Å².